The van der Waals surface area contributed by atoms with Crippen molar-refractivity contribution in [3.8, 4) is 11.4 Å². The van der Waals surface area contributed by atoms with Gasteiger partial charge in [-0.05, 0) is 18.2 Å². The number of para-hydroxylation sites is 1. The molecule has 1 amide bonds. The molecule has 0 aliphatic heterocycles. The van der Waals surface area contributed by atoms with Gasteiger partial charge in [-0.2, -0.15) is 5.10 Å². The summed E-state index contributed by atoms with van der Waals surface area (Å²) in [6.45, 7) is 0. The number of nitro groups is 1. The van der Waals surface area contributed by atoms with E-state index in [0.29, 0.717) is 5.69 Å². The van der Waals surface area contributed by atoms with Gasteiger partial charge in [0.2, 0.25) is 0 Å². The first kappa shape index (κ1) is 17.1. The zero-order valence-electron chi connectivity index (χ0n) is 13.5. The summed E-state index contributed by atoms with van der Waals surface area (Å²) in [6.07, 6.45) is 1.51. The van der Waals surface area contributed by atoms with Crippen LogP contribution in [-0.4, -0.2) is 27.7 Å². The summed E-state index contributed by atoms with van der Waals surface area (Å²) in [5.74, 6) is -1.38. The van der Waals surface area contributed by atoms with Crippen LogP contribution in [0.2, 0.25) is 0 Å². The Hall–Kier alpha value is -3.75. The van der Waals surface area contributed by atoms with Crippen LogP contribution in [0.25, 0.3) is 5.69 Å². The highest BCUT2D eigenvalue weighted by molar-refractivity contribution is 6.05. The lowest BCUT2D eigenvalue weighted by Gasteiger charge is -2.05. The van der Waals surface area contributed by atoms with Crippen molar-refractivity contribution >= 4 is 17.3 Å². The summed E-state index contributed by atoms with van der Waals surface area (Å²) >= 11 is 0. The number of benzene rings is 2. The Bertz CT molecular complexity index is 972. The third-order valence-corrected chi connectivity index (χ3v) is 3.55. The first-order chi connectivity index (χ1) is 12.5. The molecular formula is C17H13FN4O4. The number of nitrogens with one attached hydrogen (secondary N) is 1. The molecule has 0 aliphatic carbocycles. The Kier molecular flexibility index (Phi) is 4.61. The molecular weight excluding hydrogens is 343 g/mol. The average molecular weight is 356 g/mol. The summed E-state index contributed by atoms with van der Waals surface area (Å²) in [7, 11) is 1.37. The minimum absolute atomic E-state index is 0.0812. The van der Waals surface area contributed by atoms with Gasteiger partial charge < -0.3 is 10.1 Å². The van der Waals surface area contributed by atoms with Gasteiger partial charge in [-0.1, -0.05) is 18.2 Å². The van der Waals surface area contributed by atoms with Gasteiger partial charge >= 0.3 is 0 Å². The summed E-state index contributed by atoms with van der Waals surface area (Å²) in [6, 6.07) is 11.9. The van der Waals surface area contributed by atoms with E-state index in [9.17, 15) is 19.3 Å². The Labute approximate surface area is 147 Å². The highest BCUT2D eigenvalue weighted by atomic mass is 19.1. The molecule has 1 heterocycles. The maximum Gasteiger partial charge on any atom is 0.280 e. The number of carbonyl (C=O) groups is 1. The van der Waals surface area contributed by atoms with Crippen LogP contribution in [0.5, 0.6) is 5.75 Å². The third kappa shape index (κ3) is 3.36. The number of anilines is 1. The first-order valence-corrected chi connectivity index (χ1v) is 7.44. The van der Waals surface area contributed by atoms with Crippen molar-refractivity contribution in [1.82, 2.24) is 9.78 Å². The molecule has 0 saturated heterocycles. The lowest BCUT2D eigenvalue weighted by molar-refractivity contribution is -0.384. The number of methoxy groups -OCH3 is 1. The number of nitro benzene ring substituents is 1. The Morgan fingerprint density at radius 2 is 2.00 bits per heavy atom. The normalized spacial score (nSPS) is 10.4. The second-order valence-corrected chi connectivity index (χ2v) is 5.20. The topological polar surface area (TPSA) is 99.3 Å². The van der Waals surface area contributed by atoms with E-state index in [1.165, 1.54) is 18.0 Å². The molecule has 1 N–H and O–H groups in total. The predicted octanol–water partition coefficient (Wildman–Crippen LogP) is 3.18. The van der Waals surface area contributed by atoms with E-state index < -0.39 is 16.6 Å². The summed E-state index contributed by atoms with van der Waals surface area (Å²) < 4.78 is 20.5. The van der Waals surface area contributed by atoms with Crippen LogP contribution in [0.1, 0.15) is 10.5 Å². The fourth-order valence-corrected chi connectivity index (χ4v) is 2.28. The second kappa shape index (κ2) is 7.01. The standard InChI is InChI=1S/C17H13FN4O4/c1-26-15-10-21(11-5-3-2-4-6-11)20-16(15)17(23)19-14-9-12(22(24)25)7-8-13(14)18/h2-10H,1H3,(H,19,23). The number of halogens is 1. The lowest BCUT2D eigenvalue weighted by Crippen LogP contribution is -2.15. The fourth-order valence-electron chi connectivity index (χ4n) is 2.28. The van der Waals surface area contributed by atoms with Crippen molar-refractivity contribution < 1.29 is 18.8 Å². The molecule has 3 rings (SSSR count). The average Bonchev–Trinajstić information content (AvgIpc) is 3.08. The van der Waals surface area contributed by atoms with Crippen molar-refractivity contribution in [3.63, 3.8) is 0 Å². The molecule has 0 aliphatic rings. The smallest absolute Gasteiger partial charge is 0.280 e. The van der Waals surface area contributed by atoms with Crippen molar-refractivity contribution in [2.45, 2.75) is 0 Å². The number of amides is 1. The molecule has 26 heavy (non-hydrogen) atoms. The summed E-state index contributed by atoms with van der Waals surface area (Å²) in [5.41, 5.74) is -0.0439. The molecule has 0 fully saturated rings. The van der Waals surface area contributed by atoms with Crippen molar-refractivity contribution in [2.24, 2.45) is 0 Å². The summed E-state index contributed by atoms with van der Waals surface area (Å²) in [4.78, 5) is 22.6. The van der Waals surface area contributed by atoms with Gasteiger partial charge in [-0.3, -0.25) is 14.9 Å². The van der Waals surface area contributed by atoms with Crippen molar-refractivity contribution in [2.75, 3.05) is 12.4 Å². The maximum atomic E-state index is 13.9. The molecule has 132 valence electrons. The molecule has 3 aromatic rings. The van der Waals surface area contributed by atoms with Gasteiger partial charge in [-0.15, -0.1) is 0 Å². The molecule has 0 saturated carbocycles. The molecule has 8 nitrogen and oxygen atoms in total. The molecule has 0 bridgehead atoms. The fraction of sp³-hybridized carbons (Fsp3) is 0.0588. The molecule has 0 radical (unpaired) electrons. The molecule has 0 spiro atoms. The maximum absolute atomic E-state index is 13.9. The van der Waals surface area contributed by atoms with E-state index in [1.54, 1.807) is 12.1 Å². The molecule has 2 aromatic carbocycles. The Morgan fingerprint density at radius 3 is 2.65 bits per heavy atom. The zero-order valence-corrected chi connectivity index (χ0v) is 13.5. The van der Waals surface area contributed by atoms with E-state index in [-0.39, 0.29) is 22.8 Å². The van der Waals surface area contributed by atoms with Crippen molar-refractivity contribution in [3.05, 3.63) is 76.4 Å². The van der Waals surface area contributed by atoms with E-state index in [0.717, 1.165) is 18.2 Å². The molecule has 0 unspecified atom stereocenters. The highest BCUT2D eigenvalue weighted by Gasteiger charge is 2.21. The van der Waals surface area contributed by atoms with E-state index >= 15 is 0 Å². The minimum atomic E-state index is -0.801. The number of rotatable bonds is 5. The monoisotopic (exact) mass is 356 g/mol. The first-order valence-electron chi connectivity index (χ1n) is 7.44. The van der Waals surface area contributed by atoms with Gasteiger partial charge in [0, 0.05) is 12.1 Å². The Morgan fingerprint density at radius 1 is 1.27 bits per heavy atom. The number of aromatic nitrogens is 2. The van der Waals surface area contributed by atoms with Gasteiger partial charge in [0.05, 0.1) is 29.6 Å². The van der Waals surface area contributed by atoms with Crippen LogP contribution < -0.4 is 10.1 Å². The number of ether oxygens (including phenoxy) is 1. The summed E-state index contributed by atoms with van der Waals surface area (Å²) in [5, 5.41) is 17.3. The molecule has 0 atom stereocenters. The van der Waals surface area contributed by atoms with E-state index in [4.69, 9.17) is 4.74 Å². The number of hydrogen-bond acceptors (Lipinski definition) is 5. The van der Waals surface area contributed by atoms with Gasteiger partial charge in [0.15, 0.2) is 11.4 Å². The van der Waals surface area contributed by atoms with Crippen LogP contribution in [0.3, 0.4) is 0 Å². The quantitative estimate of drug-likeness (QED) is 0.559. The zero-order chi connectivity index (χ0) is 18.7. The number of hydrogen-bond donors (Lipinski definition) is 1. The number of carbonyl (C=O) groups excluding carboxylic acids is 1. The van der Waals surface area contributed by atoms with Crippen LogP contribution >= 0.6 is 0 Å². The van der Waals surface area contributed by atoms with Crippen LogP contribution in [0.15, 0.2) is 54.7 Å². The van der Waals surface area contributed by atoms with E-state index in [1.807, 2.05) is 18.2 Å². The third-order valence-electron chi connectivity index (χ3n) is 3.55. The van der Waals surface area contributed by atoms with E-state index in [2.05, 4.69) is 10.4 Å². The van der Waals surface area contributed by atoms with Gasteiger partial charge in [0.1, 0.15) is 5.82 Å². The van der Waals surface area contributed by atoms with Crippen molar-refractivity contribution in [1.29, 1.82) is 0 Å². The van der Waals surface area contributed by atoms with Crippen LogP contribution in [0.4, 0.5) is 15.8 Å². The van der Waals surface area contributed by atoms with Gasteiger partial charge in [0.25, 0.3) is 11.6 Å². The second-order valence-electron chi connectivity index (χ2n) is 5.20. The lowest BCUT2D eigenvalue weighted by atomic mass is 10.2. The minimum Gasteiger partial charge on any atom is -0.493 e. The van der Waals surface area contributed by atoms with Gasteiger partial charge in [-0.25, -0.2) is 9.07 Å². The Balaban J connectivity index is 1.92. The molecule has 1 aromatic heterocycles. The highest BCUT2D eigenvalue weighted by Crippen LogP contribution is 2.24. The van der Waals surface area contributed by atoms with Crippen LogP contribution in [0, 0.1) is 15.9 Å². The number of nitrogens with zero attached hydrogens (tertiary/aromatic N) is 3. The predicted molar refractivity (Wildman–Crippen MR) is 91.1 cm³/mol. The number of non-ortho nitro benzene ring substituents is 1. The largest absolute Gasteiger partial charge is 0.493 e. The molecule has 9 heteroatoms. The van der Waals surface area contributed by atoms with Crippen LogP contribution in [-0.2, 0) is 0 Å². The SMILES string of the molecule is COc1cn(-c2ccccc2)nc1C(=O)Nc1cc([N+](=O)[O-])ccc1F.